The van der Waals surface area contributed by atoms with Gasteiger partial charge in [-0.15, -0.1) is 0 Å². The Morgan fingerprint density at radius 2 is 2.12 bits per heavy atom. The molecule has 0 unspecified atom stereocenters. The first kappa shape index (κ1) is 13.6. The number of hydrogen-bond donors (Lipinski definition) is 2. The zero-order valence-electron chi connectivity index (χ0n) is 10.7. The first-order valence-corrected chi connectivity index (χ1v) is 5.95. The molecule has 1 amide bonds. The highest BCUT2D eigenvalue weighted by Crippen LogP contribution is 2.07. The monoisotopic (exact) mass is 236 g/mol. The molecular formula is C12H20N4O. The molecule has 0 aromatic carbocycles. The van der Waals surface area contributed by atoms with Crippen LogP contribution in [-0.4, -0.2) is 36.2 Å². The van der Waals surface area contributed by atoms with E-state index in [4.69, 9.17) is 0 Å². The number of nitrogens with zero attached hydrogens (tertiary/aromatic N) is 2. The number of carbonyl (C=O) groups excluding carboxylic acids is 1. The fraction of sp³-hybridized carbons (Fsp3) is 0.583. The van der Waals surface area contributed by atoms with Crippen molar-refractivity contribution >= 4 is 5.91 Å². The zero-order chi connectivity index (χ0) is 12.7. The van der Waals surface area contributed by atoms with E-state index in [2.05, 4.69) is 20.8 Å². The second kappa shape index (κ2) is 6.96. The van der Waals surface area contributed by atoms with Gasteiger partial charge in [0.1, 0.15) is 0 Å². The maximum Gasteiger partial charge on any atom is 0.253 e. The lowest BCUT2D eigenvalue weighted by Crippen LogP contribution is -2.28. The van der Waals surface area contributed by atoms with Gasteiger partial charge >= 0.3 is 0 Å². The van der Waals surface area contributed by atoms with Crippen molar-refractivity contribution in [1.29, 1.82) is 0 Å². The Morgan fingerprint density at radius 3 is 2.76 bits per heavy atom. The van der Waals surface area contributed by atoms with Gasteiger partial charge in [0.15, 0.2) is 0 Å². The summed E-state index contributed by atoms with van der Waals surface area (Å²) in [5.41, 5.74) is 2.16. The fourth-order valence-corrected chi connectivity index (χ4v) is 1.53. The molecule has 1 aromatic rings. The molecule has 0 aliphatic carbocycles. The minimum Gasteiger partial charge on any atom is -0.352 e. The summed E-state index contributed by atoms with van der Waals surface area (Å²) in [6, 6.07) is 1.79. The summed E-state index contributed by atoms with van der Waals surface area (Å²) < 4.78 is 0. The molecule has 5 nitrogen and oxygen atoms in total. The fourth-order valence-electron chi connectivity index (χ4n) is 1.53. The lowest BCUT2D eigenvalue weighted by Gasteiger charge is -2.08. The number of aryl methyl sites for hydroxylation is 2. The van der Waals surface area contributed by atoms with Crippen molar-refractivity contribution in [3.63, 3.8) is 0 Å². The smallest absolute Gasteiger partial charge is 0.253 e. The first-order valence-electron chi connectivity index (χ1n) is 5.95. The van der Waals surface area contributed by atoms with Gasteiger partial charge in [-0.1, -0.05) is 6.92 Å². The van der Waals surface area contributed by atoms with Gasteiger partial charge < -0.3 is 10.6 Å². The van der Waals surface area contributed by atoms with Gasteiger partial charge in [0, 0.05) is 6.54 Å². The van der Waals surface area contributed by atoms with Gasteiger partial charge in [0.2, 0.25) is 0 Å². The Balaban J connectivity index is 2.64. The van der Waals surface area contributed by atoms with Crippen molar-refractivity contribution in [3.8, 4) is 0 Å². The highest BCUT2D eigenvalue weighted by atomic mass is 16.1. The van der Waals surface area contributed by atoms with Crippen LogP contribution < -0.4 is 10.6 Å². The molecule has 5 heteroatoms. The van der Waals surface area contributed by atoms with Crippen LogP contribution >= 0.6 is 0 Å². The number of carbonyl (C=O) groups is 1. The van der Waals surface area contributed by atoms with Gasteiger partial charge in [0.25, 0.3) is 5.91 Å². The van der Waals surface area contributed by atoms with E-state index in [9.17, 15) is 4.79 Å². The van der Waals surface area contributed by atoms with E-state index in [0.29, 0.717) is 18.5 Å². The molecule has 0 aliphatic heterocycles. The van der Waals surface area contributed by atoms with Crippen LogP contribution in [0.5, 0.6) is 0 Å². The van der Waals surface area contributed by atoms with Crippen LogP contribution in [0, 0.1) is 6.92 Å². The SMILES string of the molecule is CCc1nnc(C)cc1C(=O)NCCCNC. The average molecular weight is 236 g/mol. The number of nitrogens with one attached hydrogen (secondary N) is 2. The minimum atomic E-state index is -0.0593. The van der Waals surface area contributed by atoms with E-state index in [-0.39, 0.29) is 5.91 Å². The Hall–Kier alpha value is -1.49. The van der Waals surface area contributed by atoms with Gasteiger partial charge in [-0.05, 0) is 39.4 Å². The third-order valence-corrected chi connectivity index (χ3v) is 2.46. The quantitative estimate of drug-likeness (QED) is 0.713. The van der Waals surface area contributed by atoms with Gasteiger partial charge in [0.05, 0.1) is 17.0 Å². The van der Waals surface area contributed by atoms with Crippen LogP contribution in [0.1, 0.15) is 35.1 Å². The average Bonchev–Trinajstić information content (AvgIpc) is 2.34. The molecule has 94 valence electrons. The van der Waals surface area contributed by atoms with E-state index in [0.717, 1.165) is 24.4 Å². The van der Waals surface area contributed by atoms with E-state index in [1.54, 1.807) is 6.07 Å². The normalized spacial score (nSPS) is 10.3. The third kappa shape index (κ3) is 4.11. The van der Waals surface area contributed by atoms with Crippen LogP contribution in [-0.2, 0) is 6.42 Å². The lowest BCUT2D eigenvalue weighted by atomic mass is 10.1. The highest BCUT2D eigenvalue weighted by Gasteiger charge is 2.11. The summed E-state index contributed by atoms with van der Waals surface area (Å²) in [5.74, 6) is -0.0593. The molecule has 0 bridgehead atoms. The summed E-state index contributed by atoms with van der Waals surface area (Å²) >= 11 is 0. The van der Waals surface area contributed by atoms with Crippen LogP contribution in [0.15, 0.2) is 6.07 Å². The molecule has 1 heterocycles. The second-order valence-electron chi connectivity index (χ2n) is 3.91. The van der Waals surface area contributed by atoms with Crippen molar-refractivity contribution < 1.29 is 4.79 Å². The van der Waals surface area contributed by atoms with Crippen LogP contribution in [0.4, 0.5) is 0 Å². The lowest BCUT2D eigenvalue weighted by molar-refractivity contribution is 0.0951. The molecule has 1 aromatic heterocycles. The van der Waals surface area contributed by atoms with E-state index in [1.165, 1.54) is 0 Å². The van der Waals surface area contributed by atoms with Gasteiger partial charge in [-0.2, -0.15) is 10.2 Å². The number of rotatable bonds is 6. The molecule has 2 N–H and O–H groups in total. The maximum absolute atomic E-state index is 11.9. The molecule has 1 rings (SSSR count). The van der Waals surface area contributed by atoms with Crippen molar-refractivity contribution in [2.24, 2.45) is 0 Å². The summed E-state index contributed by atoms with van der Waals surface area (Å²) in [7, 11) is 1.90. The molecule has 0 saturated carbocycles. The topological polar surface area (TPSA) is 66.9 Å². The predicted octanol–water partition coefficient (Wildman–Crippen LogP) is 0.687. The Bertz CT molecular complexity index is 379. The van der Waals surface area contributed by atoms with E-state index in [1.807, 2.05) is 20.9 Å². The van der Waals surface area contributed by atoms with Gasteiger partial charge in [-0.25, -0.2) is 0 Å². The highest BCUT2D eigenvalue weighted by molar-refractivity contribution is 5.95. The number of amides is 1. The van der Waals surface area contributed by atoms with Crippen molar-refractivity contribution in [2.45, 2.75) is 26.7 Å². The predicted molar refractivity (Wildman–Crippen MR) is 67.0 cm³/mol. The Morgan fingerprint density at radius 1 is 1.35 bits per heavy atom. The molecule has 0 spiro atoms. The molecule has 0 radical (unpaired) electrons. The summed E-state index contributed by atoms with van der Waals surface area (Å²) in [6.45, 7) is 5.38. The van der Waals surface area contributed by atoms with Crippen molar-refractivity contribution in [2.75, 3.05) is 20.1 Å². The number of aromatic nitrogens is 2. The largest absolute Gasteiger partial charge is 0.352 e. The molecule has 17 heavy (non-hydrogen) atoms. The zero-order valence-corrected chi connectivity index (χ0v) is 10.7. The molecule has 0 atom stereocenters. The van der Waals surface area contributed by atoms with E-state index >= 15 is 0 Å². The minimum absolute atomic E-state index is 0.0593. The first-order chi connectivity index (χ1) is 8.19. The molecular weight excluding hydrogens is 216 g/mol. The number of hydrogen-bond acceptors (Lipinski definition) is 4. The Labute approximate surface area is 102 Å². The summed E-state index contributed by atoms with van der Waals surface area (Å²) in [5, 5.41) is 13.9. The van der Waals surface area contributed by atoms with Crippen LogP contribution in [0.3, 0.4) is 0 Å². The second-order valence-corrected chi connectivity index (χ2v) is 3.91. The molecule has 0 saturated heterocycles. The van der Waals surface area contributed by atoms with Crippen molar-refractivity contribution in [1.82, 2.24) is 20.8 Å². The van der Waals surface area contributed by atoms with Gasteiger partial charge in [-0.3, -0.25) is 4.79 Å². The molecule has 0 aliphatic rings. The van der Waals surface area contributed by atoms with Crippen LogP contribution in [0.25, 0.3) is 0 Å². The standard InChI is InChI=1S/C12H20N4O/c1-4-11-10(8-9(2)15-16-11)12(17)14-7-5-6-13-3/h8,13H,4-7H2,1-3H3,(H,14,17). The van der Waals surface area contributed by atoms with Crippen molar-refractivity contribution in [3.05, 3.63) is 23.0 Å². The summed E-state index contributed by atoms with van der Waals surface area (Å²) in [6.07, 6.45) is 1.63. The van der Waals surface area contributed by atoms with E-state index < -0.39 is 0 Å². The maximum atomic E-state index is 11.9. The Kier molecular flexibility index (Phi) is 5.56. The van der Waals surface area contributed by atoms with Crippen LogP contribution in [0.2, 0.25) is 0 Å². The molecule has 0 fully saturated rings. The summed E-state index contributed by atoms with van der Waals surface area (Å²) in [4.78, 5) is 11.9. The third-order valence-electron chi connectivity index (χ3n) is 2.46.